The maximum atomic E-state index is 2.55. The van der Waals surface area contributed by atoms with E-state index in [1.165, 1.54) is 64.2 Å². The minimum atomic E-state index is 0.745. The van der Waals surface area contributed by atoms with E-state index in [9.17, 15) is 0 Å². The highest BCUT2D eigenvalue weighted by Gasteiger charge is 2.31. The number of hydrogen-bond donors (Lipinski definition) is 0. The summed E-state index contributed by atoms with van der Waals surface area (Å²) in [7, 11) is 0. The number of rotatable bonds is 2. The maximum Gasteiger partial charge on any atom is -0.0323 e. The number of hydrogen-bond acceptors (Lipinski definition) is 0. The molecule has 2 aliphatic carbocycles. The van der Waals surface area contributed by atoms with Crippen molar-refractivity contribution in [1.82, 2.24) is 0 Å². The van der Waals surface area contributed by atoms with E-state index in [1.807, 2.05) is 0 Å². The molecule has 0 aromatic carbocycles. The molecule has 0 radical (unpaired) electrons. The van der Waals surface area contributed by atoms with E-state index in [4.69, 9.17) is 0 Å². The minimum Gasteiger partial charge on any atom is -0.0596 e. The van der Waals surface area contributed by atoms with Crippen molar-refractivity contribution in [3.63, 3.8) is 0 Å². The highest BCUT2D eigenvalue weighted by molar-refractivity contribution is 4.83. The third-order valence-corrected chi connectivity index (χ3v) is 4.57. The second kappa shape index (κ2) is 4.68. The van der Waals surface area contributed by atoms with Gasteiger partial charge in [0.05, 0.1) is 0 Å². The Morgan fingerprint density at radius 3 is 2.00 bits per heavy atom. The van der Waals surface area contributed by atoms with Crippen molar-refractivity contribution < 1.29 is 0 Å². The Kier molecular flexibility index (Phi) is 3.52. The van der Waals surface area contributed by atoms with Gasteiger partial charge in [-0.3, -0.25) is 0 Å². The lowest BCUT2D eigenvalue weighted by Gasteiger charge is -2.28. The van der Waals surface area contributed by atoms with Gasteiger partial charge in [-0.2, -0.15) is 0 Å². The Bertz CT molecular complexity index is 157. The summed E-state index contributed by atoms with van der Waals surface area (Å²) in [4.78, 5) is 0. The molecular formula is C14H26. The van der Waals surface area contributed by atoms with Gasteiger partial charge in [-0.25, -0.2) is 0 Å². The van der Waals surface area contributed by atoms with Gasteiger partial charge in [0.2, 0.25) is 0 Å². The van der Waals surface area contributed by atoms with Crippen LogP contribution < -0.4 is 0 Å². The van der Waals surface area contributed by atoms with Crippen LogP contribution in [0.1, 0.15) is 77.6 Å². The summed E-state index contributed by atoms with van der Waals surface area (Å²) in [6.45, 7) is 2.55. The van der Waals surface area contributed by atoms with Crippen molar-refractivity contribution in [3.8, 4) is 0 Å². The average molecular weight is 194 g/mol. The molecule has 2 saturated carbocycles. The Balaban J connectivity index is 1.82. The lowest BCUT2D eigenvalue weighted by Crippen LogP contribution is -2.16. The molecule has 0 N–H and O–H groups in total. The zero-order chi connectivity index (χ0) is 9.86. The lowest BCUT2D eigenvalue weighted by molar-refractivity contribution is 0.231. The minimum absolute atomic E-state index is 0.745. The highest BCUT2D eigenvalue weighted by atomic mass is 14.4. The molecule has 0 amide bonds. The molecule has 14 heavy (non-hydrogen) atoms. The Morgan fingerprint density at radius 2 is 1.43 bits per heavy atom. The predicted molar refractivity (Wildman–Crippen MR) is 62.4 cm³/mol. The van der Waals surface area contributed by atoms with E-state index in [1.54, 1.807) is 6.42 Å². The summed E-state index contributed by atoms with van der Waals surface area (Å²) >= 11 is 0. The molecule has 0 heterocycles. The third kappa shape index (κ3) is 2.74. The van der Waals surface area contributed by atoms with Crippen molar-refractivity contribution in [3.05, 3.63) is 0 Å². The summed E-state index contributed by atoms with van der Waals surface area (Å²) in [5, 5.41) is 0. The molecule has 0 nitrogen and oxygen atoms in total. The van der Waals surface area contributed by atoms with Crippen molar-refractivity contribution in [1.29, 1.82) is 0 Å². The smallest absolute Gasteiger partial charge is 0.0323 e. The molecule has 0 spiro atoms. The van der Waals surface area contributed by atoms with E-state index in [0.717, 1.165) is 11.3 Å². The van der Waals surface area contributed by atoms with Crippen molar-refractivity contribution in [2.45, 2.75) is 77.6 Å². The van der Waals surface area contributed by atoms with Gasteiger partial charge < -0.3 is 0 Å². The first-order valence-corrected chi connectivity index (χ1v) is 6.79. The fraction of sp³-hybridized carbons (Fsp3) is 1.00. The first-order valence-electron chi connectivity index (χ1n) is 6.79. The summed E-state index contributed by atoms with van der Waals surface area (Å²) < 4.78 is 0. The van der Waals surface area contributed by atoms with E-state index in [2.05, 4.69) is 6.92 Å². The summed E-state index contributed by atoms with van der Waals surface area (Å²) in [5.74, 6) is 1.08. The lowest BCUT2D eigenvalue weighted by atomic mass is 9.77. The second-order valence-corrected chi connectivity index (χ2v) is 6.08. The van der Waals surface area contributed by atoms with Gasteiger partial charge in [-0.05, 0) is 30.6 Å². The fourth-order valence-corrected chi connectivity index (χ4v) is 3.70. The van der Waals surface area contributed by atoms with E-state index in [0.29, 0.717) is 0 Å². The van der Waals surface area contributed by atoms with Crippen LogP contribution in [0.5, 0.6) is 0 Å². The summed E-state index contributed by atoms with van der Waals surface area (Å²) in [5.41, 5.74) is 0.745. The van der Waals surface area contributed by atoms with Gasteiger partial charge in [0.1, 0.15) is 0 Å². The zero-order valence-electron chi connectivity index (χ0n) is 9.86. The molecule has 0 atom stereocenters. The fourth-order valence-electron chi connectivity index (χ4n) is 3.70. The normalized spacial score (nSPS) is 28.9. The van der Waals surface area contributed by atoms with Crippen LogP contribution >= 0.6 is 0 Å². The molecule has 2 aliphatic rings. The largest absolute Gasteiger partial charge is 0.0596 e. The van der Waals surface area contributed by atoms with Crippen LogP contribution in [0.2, 0.25) is 0 Å². The van der Waals surface area contributed by atoms with Crippen molar-refractivity contribution in [2.75, 3.05) is 0 Å². The van der Waals surface area contributed by atoms with Crippen molar-refractivity contribution in [2.24, 2.45) is 11.3 Å². The molecule has 0 heteroatoms. The standard InChI is InChI=1S/C14H26/c1-14(10-6-7-11-14)12-13-8-4-2-3-5-9-13/h13H,2-12H2,1H3. The van der Waals surface area contributed by atoms with Crippen LogP contribution in [0, 0.1) is 11.3 Å². The average Bonchev–Trinajstić information content (AvgIpc) is 2.43. The highest BCUT2D eigenvalue weighted by Crippen LogP contribution is 2.44. The molecule has 0 unspecified atom stereocenters. The van der Waals surface area contributed by atoms with Gasteiger partial charge in [0.25, 0.3) is 0 Å². The van der Waals surface area contributed by atoms with Crippen molar-refractivity contribution >= 4 is 0 Å². The van der Waals surface area contributed by atoms with Gasteiger partial charge >= 0.3 is 0 Å². The summed E-state index contributed by atoms with van der Waals surface area (Å²) in [6, 6.07) is 0. The molecule has 0 bridgehead atoms. The van der Waals surface area contributed by atoms with Gasteiger partial charge in [0, 0.05) is 0 Å². The van der Waals surface area contributed by atoms with Gasteiger partial charge in [-0.15, -0.1) is 0 Å². The Labute approximate surface area is 89.5 Å². The predicted octanol–water partition coefficient (Wildman–Crippen LogP) is 4.93. The Morgan fingerprint density at radius 1 is 0.857 bits per heavy atom. The topological polar surface area (TPSA) is 0 Å². The summed E-state index contributed by atoms with van der Waals surface area (Å²) in [6.07, 6.45) is 16.7. The third-order valence-electron chi connectivity index (χ3n) is 4.57. The van der Waals surface area contributed by atoms with Crippen LogP contribution in [-0.4, -0.2) is 0 Å². The van der Waals surface area contributed by atoms with Gasteiger partial charge in [-0.1, -0.05) is 58.3 Å². The van der Waals surface area contributed by atoms with Crippen LogP contribution in [0.25, 0.3) is 0 Å². The molecule has 2 rings (SSSR count). The Hall–Kier alpha value is 0. The SMILES string of the molecule is CC1(CC2CCCCCC2)CCCC1. The molecule has 0 saturated heterocycles. The van der Waals surface area contributed by atoms with Crippen LogP contribution in [0.3, 0.4) is 0 Å². The first kappa shape index (κ1) is 10.5. The molecule has 2 fully saturated rings. The van der Waals surface area contributed by atoms with Crippen LogP contribution in [0.4, 0.5) is 0 Å². The molecular weight excluding hydrogens is 168 g/mol. The van der Waals surface area contributed by atoms with Crippen LogP contribution in [0.15, 0.2) is 0 Å². The monoisotopic (exact) mass is 194 g/mol. The van der Waals surface area contributed by atoms with E-state index >= 15 is 0 Å². The molecule has 82 valence electrons. The zero-order valence-corrected chi connectivity index (χ0v) is 9.86. The van der Waals surface area contributed by atoms with E-state index in [-0.39, 0.29) is 0 Å². The van der Waals surface area contributed by atoms with E-state index < -0.39 is 0 Å². The first-order chi connectivity index (χ1) is 6.79. The quantitative estimate of drug-likeness (QED) is 0.547. The second-order valence-electron chi connectivity index (χ2n) is 6.08. The molecule has 0 aliphatic heterocycles. The molecule has 0 aromatic heterocycles. The molecule has 0 aromatic rings. The van der Waals surface area contributed by atoms with Crippen LogP contribution in [-0.2, 0) is 0 Å². The van der Waals surface area contributed by atoms with Gasteiger partial charge in [0.15, 0.2) is 0 Å². The maximum absolute atomic E-state index is 2.55.